The first-order chi connectivity index (χ1) is 7.77. The van der Waals surface area contributed by atoms with Crippen LogP contribution in [0.1, 0.15) is 6.42 Å². The molecule has 82 valence electrons. The van der Waals surface area contributed by atoms with Gasteiger partial charge < -0.3 is 10.1 Å². The lowest BCUT2D eigenvalue weighted by Crippen LogP contribution is -2.06. The van der Waals surface area contributed by atoms with Crippen LogP contribution in [0.25, 0.3) is 0 Å². The molecule has 4 heteroatoms. The minimum absolute atomic E-state index is 0.0454. The van der Waals surface area contributed by atoms with E-state index < -0.39 is 5.78 Å². The Balaban J connectivity index is 2.70. The van der Waals surface area contributed by atoms with Gasteiger partial charge in [0.2, 0.25) is 0 Å². The van der Waals surface area contributed by atoms with Crippen LogP contribution in [0, 0.1) is 0 Å². The summed E-state index contributed by atoms with van der Waals surface area (Å²) in [5, 5.41) is 2.80. The number of anilines is 1. The second kappa shape index (κ2) is 6.29. The predicted molar refractivity (Wildman–Crippen MR) is 59.9 cm³/mol. The third-order valence-electron chi connectivity index (χ3n) is 1.89. The van der Waals surface area contributed by atoms with Gasteiger partial charge in [0.25, 0.3) is 0 Å². The number of aldehydes is 2. The van der Waals surface area contributed by atoms with Crippen molar-refractivity contribution in [1.82, 2.24) is 0 Å². The summed E-state index contributed by atoms with van der Waals surface area (Å²) in [5.41, 5.74) is 0.719. The molecule has 0 aliphatic carbocycles. The van der Waals surface area contributed by atoms with Gasteiger partial charge in [0.1, 0.15) is 6.29 Å². The molecule has 1 aromatic rings. The smallest absolute Gasteiger partial charge is 0.174 e. The summed E-state index contributed by atoms with van der Waals surface area (Å²) in [6.45, 7) is 0. The van der Waals surface area contributed by atoms with Gasteiger partial charge >= 0.3 is 0 Å². The van der Waals surface area contributed by atoms with Gasteiger partial charge in [0.15, 0.2) is 12.1 Å². The van der Waals surface area contributed by atoms with E-state index in [0.29, 0.717) is 12.6 Å². The summed E-state index contributed by atoms with van der Waals surface area (Å²) in [6, 6.07) is 9.09. The largest absolute Gasteiger partial charge is 0.361 e. The Hall–Kier alpha value is -2.23. The van der Waals surface area contributed by atoms with Crippen molar-refractivity contribution < 1.29 is 14.4 Å². The summed E-state index contributed by atoms with van der Waals surface area (Å²) in [5.74, 6) is -0.492. The van der Waals surface area contributed by atoms with Crippen molar-refractivity contribution in [3.8, 4) is 0 Å². The van der Waals surface area contributed by atoms with E-state index >= 15 is 0 Å². The Morgan fingerprint density at radius 1 is 1.19 bits per heavy atom. The Labute approximate surface area is 93.0 Å². The Kier molecular flexibility index (Phi) is 4.66. The molecule has 0 aromatic heterocycles. The Bertz CT molecular complexity index is 410. The van der Waals surface area contributed by atoms with E-state index in [1.807, 2.05) is 18.2 Å². The third kappa shape index (κ3) is 3.49. The molecule has 0 saturated heterocycles. The number of benzene rings is 1. The van der Waals surface area contributed by atoms with Gasteiger partial charge in [0, 0.05) is 11.9 Å². The summed E-state index contributed by atoms with van der Waals surface area (Å²) < 4.78 is 0. The van der Waals surface area contributed by atoms with Crippen LogP contribution in [0.4, 0.5) is 5.69 Å². The minimum Gasteiger partial charge on any atom is -0.361 e. The highest BCUT2D eigenvalue weighted by molar-refractivity contribution is 6.15. The molecule has 1 N–H and O–H groups in total. The minimum atomic E-state index is -0.492. The molecule has 0 aliphatic rings. The number of allylic oxidation sites excluding steroid dienone is 1. The molecule has 0 atom stereocenters. The lowest BCUT2D eigenvalue weighted by molar-refractivity contribution is -0.120. The molecule has 4 nitrogen and oxygen atoms in total. The monoisotopic (exact) mass is 217 g/mol. The lowest BCUT2D eigenvalue weighted by Gasteiger charge is -2.00. The fourth-order valence-corrected chi connectivity index (χ4v) is 1.07. The molecule has 0 radical (unpaired) electrons. The SMILES string of the molecule is O=CCC(=O)/C(C=O)=C\Nc1ccccc1. The number of carbonyl (C=O) groups is 3. The Morgan fingerprint density at radius 3 is 2.44 bits per heavy atom. The van der Waals surface area contributed by atoms with Gasteiger partial charge in [-0.2, -0.15) is 0 Å². The molecular formula is C12H11NO3. The molecular weight excluding hydrogens is 206 g/mol. The molecule has 0 heterocycles. The van der Waals surface area contributed by atoms with Gasteiger partial charge in [-0.25, -0.2) is 0 Å². The van der Waals surface area contributed by atoms with Crippen LogP contribution in [-0.4, -0.2) is 18.4 Å². The summed E-state index contributed by atoms with van der Waals surface area (Å²) in [7, 11) is 0. The maximum Gasteiger partial charge on any atom is 0.174 e. The van der Waals surface area contributed by atoms with Crippen molar-refractivity contribution in [1.29, 1.82) is 0 Å². The maximum absolute atomic E-state index is 11.2. The first-order valence-corrected chi connectivity index (χ1v) is 4.71. The van der Waals surface area contributed by atoms with E-state index in [-0.39, 0.29) is 12.0 Å². The van der Waals surface area contributed by atoms with Crippen LogP contribution in [0.2, 0.25) is 0 Å². The quantitative estimate of drug-likeness (QED) is 0.338. The average Bonchev–Trinajstić information content (AvgIpc) is 2.31. The molecule has 16 heavy (non-hydrogen) atoms. The van der Waals surface area contributed by atoms with E-state index in [1.54, 1.807) is 12.1 Å². The maximum atomic E-state index is 11.2. The molecule has 0 spiro atoms. The van der Waals surface area contributed by atoms with E-state index in [0.717, 1.165) is 5.69 Å². The van der Waals surface area contributed by atoms with Crippen molar-refractivity contribution in [2.24, 2.45) is 0 Å². The average molecular weight is 217 g/mol. The zero-order valence-corrected chi connectivity index (χ0v) is 8.55. The number of Topliss-reactive ketones (excluding diaryl/α,β-unsaturated/α-hetero) is 1. The topological polar surface area (TPSA) is 63.2 Å². The molecule has 1 aromatic carbocycles. The van der Waals surface area contributed by atoms with E-state index in [2.05, 4.69) is 5.32 Å². The van der Waals surface area contributed by atoms with Gasteiger partial charge in [0.05, 0.1) is 12.0 Å². The van der Waals surface area contributed by atoms with Crippen LogP contribution in [0.15, 0.2) is 42.1 Å². The zero-order chi connectivity index (χ0) is 11.8. The molecule has 0 unspecified atom stereocenters. The van der Waals surface area contributed by atoms with E-state index in [1.165, 1.54) is 6.20 Å². The van der Waals surface area contributed by atoms with Crippen LogP contribution in [-0.2, 0) is 14.4 Å². The highest BCUT2D eigenvalue weighted by Gasteiger charge is 2.06. The number of carbonyl (C=O) groups excluding carboxylic acids is 3. The van der Waals surface area contributed by atoms with Crippen LogP contribution < -0.4 is 5.32 Å². The van der Waals surface area contributed by atoms with Crippen LogP contribution >= 0.6 is 0 Å². The van der Waals surface area contributed by atoms with Gasteiger partial charge in [-0.05, 0) is 12.1 Å². The summed E-state index contributed by atoms with van der Waals surface area (Å²) >= 11 is 0. The molecule has 1 rings (SSSR count). The van der Waals surface area contributed by atoms with Gasteiger partial charge in [-0.3, -0.25) is 9.59 Å². The number of para-hydroxylation sites is 1. The molecule has 0 amide bonds. The number of hydrogen-bond donors (Lipinski definition) is 1. The highest BCUT2D eigenvalue weighted by atomic mass is 16.1. The summed E-state index contributed by atoms with van der Waals surface area (Å²) in [4.78, 5) is 31.9. The van der Waals surface area contributed by atoms with Crippen LogP contribution in [0.3, 0.4) is 0 Å². The first kappa shape index (κ1) is 11.8. The number of ketones is 1. The third-order valence-corrected chi connectivity index (χ3v) is 1.89. The van der Waals surface area contributed by atoms with Crippen molar-refractivity contribution in [3.63, 3.8) is 0 Å². The van der Waals surface area contributed by atoms with Gasteiger partial charge in [-0.15, -0.1) is 0 Å². The zero-order valence-electron chi connectivity index (χ0n) is 8.55. The lowest BCUT2D eigenvalue weighted by atomic mass is 10.1. The fraction of sp³-hybridized carbons (Fsp3) is 0.0833. The van der Waals surface area contributed by atoms with E-state index in [4.69, 9.17) is 0 Å². The molecule has 0 saturated carbocycles. The number of rotatable bonds is 6. The number of nitrogens with one attached hydrogen (secondary N) is 1. The molecule has 0 fully saturated rings. The van der Waals surface area contributed by atoms with E-state index in [9.17, 15) is 14.4 Å². The predicted octanol–water partition coefficient (Wildman–Crippen LogP) is 1.34. The first-order valence-electron chi connectivity index (χ1n) is 4.71. The highest BCUT2D eigenvalue weighted by Crippen LogP contribution is 2.06. The number of hydrogen-bond acceptors (Lipinski definition) is 4. The van der Waals surface area contributed by atoms with Crippen LogP contribution in [0.5, 0.6) is 0 Å². The van der Waals surface area contributed by atoms with Crippen molar-refractivity contribution >= 4 is 24.0 Å². The Morgan fingerprint density at radius 2 is 1.88 bits per heavy atom. The second-order valence-electron chi connectivity index (χ2n) is 3.02. The normalized spacial score (nSPS) is 10.6. The van der Waals surface area contributed by atoms with Gasteiger partial charge in [-0.1, -0.05) is 18.2 Å². The summed E-state index contributed by atoms with van der Waals surface area (Å²) in [6.07, 6.45) is 1.93. The van der Waals surface area contributed by atoms with Crippen molar-refractivity contribution in [3.05, 3.63) is 42.1 Å². The molecule has 0 bridgehead atoms. The molecule has 0 aliphatic heterocycles. The second-order valence-corrected chi connectivity index (χ2v) is 3.02. The van der Waals surface area contributed by atoms with Crippen molar-refractivity contribution in [2.45, 2.75) is 6.42 Å². The fourth-order valence-electron chi connectivity index (χ4n) is 1.07. The van der Waals surface area contributed by atoms with Crippen molar-refractivity contribution in [2.75, 3.05) is 5.32 Å². The standard InChI is InChI=1S/C12H11NO3/c14-7-6-12(16)10(9-15)8-13-11-4-2-1-3-5-11/h1-5,7-9,13H,6H2/b10-8-.